The maximum Gasteiger partial charge on any atom is 0.344 e. The molecule has 0 saturated carbocycles. The average molecular weight is 493 g/mol. The number of hydrazine groups is 1. The van der Waals surface area contributed by atoms with Crippen molar-refractivity contribution in [2.75, 3.05) is 5.75 Å². The Morgan fingerprint density at radius 1 is 1.15 bits per heavy atom. The lowest BCUT2D eigenvalue weighted by Gasteiger charge is -2.19. The summed E-state index contributed by atoms with van der Waals surface area (Å²) in [7, 11) is 0. The van der Waals surface area contributed by atoms with Gasteiger partial charge in [-0.1, -0.05) is 56.5 Å². The Labute approximate surface area is 202 Å². The Hall–Kier alpha value is -2.59. The third-order valence-corrected chi connectivity index (χ3v) is 6.81. The number of hydrogen-bond acceptors (Lipinski definition) is 6. The SMILES string of the molecule is CCCCCCn1c(SCC(=O)NN2C(=O)N[C@@](C)(CC)C2=O)nnc1-c1ccc(Cl)cc1. The summed E-state index contributed by atoms with van der Waals surface area (Å²) in [5, 5.41) is 13.2. The van der Waals surface area contributed by atoms with Gasteiger partial charge in [-0.3, -0.25) is 15.0 Å². The Kier molecular flexibility index (Phi) is 8.36. The van der Waals surface area contributed by atoms with Crippen LogP contribution in [0.5, 0.6) is 0 Å². The average Bonchev–Trinajstić information content (AvgIpc) is 3.30. The van der Waals surface area contributed by atoms with Crippen LogP contribution in [-0.4, -0.2) is 48.9 Å². The summed E-state index contributed by atoms with van der Waals surface area (Å²) in [6.07, 6.45) is 4.75. The molecule has 1 aliphatic rings. The van der Waals surface area contributed by atoms with Gasteiger partial charge in [0.05, 0.1) is 5.75 Å². The Morgan fingerprint density at radius 2 is 1.88 bits per heavy atom. The summed E-state index contributed by atoms with van der Waals surface area (Å²) in [6, 6.07) is 6.74. The quantitative estimate of drug-likeness (QED) is 0.278. The van der Waals surface area contributed by atoms with Gasteiger partial charge >= 0.3 is 6.03 Å². The molecule has 1 aromatic carbocycles. The van der Waals surface area contributed by atoms with Gasteiger partial charge in [-0.25, -0.2) is 4.79 Å². The van der Waals surface area contributed by atoms with E-state index >= 15 is 0 Å². The molecule has 0 spiro atoms. The van der Waals surface area contributed by atoms with Gasteiger partial charge < -0.3 is 9.88 Å². The van der Waals surface area contributed by atoms with E-state index in [2.05, 4.69) is 27.9 Å². The highest BCUT2D eigenvalue weighted by atomic mass is 35.5. The van der Waals surface area contributed by atoms with Crippen molar-refractivity contribution >= 4 is 41.2 Å². The Bertz CT molecular complexity index is 1010. The third kappa shape index (κ3) is 5.86. The number of imide groups is 1. The summed E-state index contributed by atoms with van der Waals surface area (Å²) in [4.78, 5) is 37.1. The van der Waals surface area contributed by atoms with Crippen LogP contribution in [0.15, 0.2) is 29.4 Å². The van der Waals surface area contributed by atoms with E-state index in [1.807, 2.05) is 16.7 Å². The molecule has 0 bridgehead atoms. The first-order valence-electron chi connectivity index (χ1n) is 11.1. The lowest BCUT2D eigenvalue weighted by atomic mass is 10.00. The lowest BCUT2D eigenvalue weighted by molar-refractivity contribution is -0.137. The summed E-state index contributed by atoms with van der Waals surface area (Å²) in [6.45, 7) is 6.31. The highest BCUT2D eigenvalue weighted by Gasteiger charge is 2.47. The summed E-state index contributed by atoms with van der Waals surface area (Å²) in [5.41, 5.74) is 2.28. The van der Waals surface area contributed by atoms with Crippen molar-refractivity contribution in [1.29, 1.82) is 0 Å². The number of unbranched alkanes of at least 4 members (excludes halogenated alkanes) is 3. The van der Waals surface area contributed by atoms with Gasteiger partial charge in [-0.2, -0.15) is 5.01 Å². The number of carbonyl (C=O) groups excluding carboxylic acids is 3. The molecule has 3 rings (SSSR count). The van der Waals surface area contributed by atoms with Crippen molar-refractivity contribution in [1.82, 2.24) is 30.5 Å². The first kappa shape index (κ1) is 25.0. The molecule has 1 saturated heterocycles. The normalized spacial score (nSPS) is 18.0. The molecular formula is C22H29ClN6O3S. The van der Waals surface area contributed by atoms with Crippen molar-refractivity contribution < 1.29 is 14.4 Å². The maximum absolute atomic E-state index is 12.5. The van der Waals surface area contributed by atoms with E-state index in [-0.39, 0.29) is 5.75 Å². The van der Waals surface area contributed by atoms with Crippen LogP contribution in [0.2, 0.25) is 5.02 Å². The minimum absolute atomic E-state index is 0.0202. The molecule has 33 heavy (non-hydrogen) atoms. The lowest BCUT2D eigenvalue weighted by Crippen LogP contribution is -2.49. The molecule has 11 heteroatoms. The fourth-order valence-electron chi connectivity index (χ4n) is 3.42. The minimum atomic E-state index is -1.01. The maximum atomic E-state index is 12.5. The van der Waals surface area contributed by atoms with Crippen molar-refractivity contribution in [3.8, 4) is 11.4 Å². The van der Waals surface area contributed by atoms with Crippen LogP contribution in [0.4, 0.5) is 4.79 Å². The first-order chi connectivity index (χ1) is 15.8. The fraction of sp³-hybridized carbons (Fsp3) is 0.500. The number of hydrogen-bond donors (Lipinski definition) is 2. The number of amides is 4. The van der Waals surface area contributed by atoms with E-state index in [1.165, 1.54) is 11.8 Å². The highest BCUT2D eigenvalue weighted by molar-refractivity contribution is 7.99. The zero-order valence-electron chi connectivity index (χ0n) is 19.1. The van der Waals surface area contributed by atoms with Gasteiger partial charge in [0.2, 0.25) is 5.91 Å². The first-order valence-corrected chi connectivity index (χ1v) is 12.4. The van der Waals surface area contributed by atoms with Gasteiger partial charge in [0.15, 0.2) is 11.0 Å². The predicted octanol–water partition coefficient (Wildman–Crippen LogP) is 4.02. The number of carbonyl (C=O) groups is 3. The van der Waals surface area contributed by atoms with E-state index in [0.29, 0.717) is 22.4 Å². The molecule has 4 amide bonds. The topological polar surface area (TPSA) is 109 Å². The molecule has 1 aliphatic heterocycles. The smallest absolute Gasteiger partial charge is 0.322 e. The van der Waals surface area contributed by atoms with Crippen LogP contribution < -0.4 is 10.7 Å². The Balaban J connectivity index is 1.69. The van der Waals surface area contributed by atoms with E-state index in [0.717, 1.165) is 42.8 Å². The molecule has 0 unspecified atom stereocenters. The zero-order valence-corrected chi connectivity index (χ0v) is 20.6. The molecule has 0 aliphatic carbocycles. The highest BCUT2D eigenvalue weighted by Crippen LogP contribution is 2.26. The second kappa shape index (κ2) is 11.0. The molecule has 2 heterocycles. The molecule has 9 nitrogen and oxygen atoms in total. The molecule has 2 N–H and O–H groups in total. The largest absolute Gasteiger partial charge is 0.344 e. The van der Waals surface area contributed by atoms with Crippen LogP contribution in [0.3, 0.4) is 0 Å². The Morgan fingerprint density at radius 3 is 2.52 bits per heavy atom. The molecular weight excluding hydrogens is 464 g/mol. The van der Waals surface area contributed by atoms with Crippen molar-refractivity contribution in [2.45, 2.75) is 70.1 Å². The van der Waals surface area contributed by atoms with Gasteiger partial charge in [-0.15, -0.1) is 10.2 Å². The van der Waals surface area contributed by atoms with Crippen LogP contribution in [-0.2, 0) is 16.1 Å². The third-order valence-electron chi connectivity index (χ3n) is 5.59. The zero-order chi connectivity index (χ0) is 24.0. The summed E-state index contributed by atoms with van der Waals surface area (Å²) >= 11 is 7.23. The molecule has 1 aromatic heterocycles. The van der Waals surface area contributed by atoms with E-state index in [9.17, 15) is 14.4 Å². The van der Waals surface area contributed by atoms with Crippen molar-refractivity contribution in [3.05, 3.63) is 29.3 Å². The number of thioether (sulfide) groups is 1. The molecule has 0 radical (unpaired) electrons. The van der Waals surface area contributed by atoms with Gasteiger partial charge in [0, 0.05) is 17.1 Å². The van der Waals surface area contributed by atoms with Crippen LogP contribution in [0, 0.1) is 0 Å². The second-order valence-electron chi connectivity index (χ2n) is 8.11. The number of halogens is 1. The van der Waals surface area contributed by atoms with Crippen LogP contribution >= 0.6 is 23.4 Å². The number of rotatable bonds is 11. The van der Waals surface area contributed by atoms with Gasteiger partial charge in [0.1, 0.15) is 5.54 Å². The van der Waals surface area contributed by atoms with Crippen LogP contribution in [0.1, 0.15) is 52.9 Å². The van der Waals surface area contributed by atoms with Gasteiger partial charge in [-0.05, 0) is 44.0 Å². The number of nitrogens with zero attached hydrogens (tertiary/aromatic N) is 4. The number of nitrogens with one attached hydrogen (secondary N) is 2. The van der Waals surface area contributed by atoms with E-state index < -0.39 is 23.4 Å². The molecule has 1 fully saturated rings. The standard InChI is InChI=1S/C22H29ClN6O3S/c1-4-6-7-8-13-28-18(15-9-11-16(23)12-10-15)25-26-21(28)33-14-17(30)27-29-19(31)22(3,5-2)24-20(29)32/h9-12H,4-8,13-14H2,1-3H3,(H,24,32)(H,27,30)/t22-/m0/s1. The summed E-state index contributed by atoms with van der Waals surface area (Å²) < 4.78 is 2.00. The monoisotopic (exact) mass is 492 g/mol. The number of benzene rings is 1. The second-order valence-corrected chi connectivity index (χ2v) is 9.48. The summed E-state index contributed by atoms with van der Waals surface area (Å²) in [5.74, 6) is -0.262. The minimum Gasteiger partial charge on any atom is -0.322 e. The van der Waals surface area contributed by atoms with Crippen molar-refractivity contribution in [2.24, 2.45) is 0 Å². The van der Waals surface area contributed by atoms with Gasteiger partial charge in [0.25, 0.3) is 5.91 Å². The fourth-order valence-corrected chi connectivity index (χ4v) is 4.30. The molecule has 178 valence electrons. The molecule has 1 atom stereocenters. The predicted molar refractivity (Wildman–Crippen MR) is 128 cm³/mol. The van der Waals surface area contributed by atoms with Crippen LogP contribution in [0.25, 0.3) is 11.4 Å². The molecule has 2 aromatic rings. The van der Waals surface area contributed by atoms with E-state index in [4.69, 9.17) is 11.6 Å². The number of urea groups is 1. The van der Waals surface area contributed by atoms with E-state index in [1.54, 1.807) is 26.0 Å². The van der Waals surface area contributed by atoms with Crippen molar-refractivity contribution in [3.63, 3.8) is 0 Å². The number of aromatic nitrogens is 3.